The molecule has 0 bridgehead atoms. The molecule has 122 valence electrons. The molecule has 0 fully saturated rings. The Bertz CT molecular complexity index is 225. The minimum atomic E-state index is -1.85. The average molecular weight is 386 g/mol. The third-order valence-corrected chi connectivity index (χ3v) is 5.40. The molecule has 3 unspecified atom stereocenters. The molecule has 0 spiro atoms. The van der Waals surface area contributed by atoms with Crippen LogP contribution in [0.4, 0.5) is 0 Å². The van der Waals surface area contributed by atoms with Crippen LogP contribution < -0.4 is 0 Å². The van der Waals surface area contributed by atoms with Crippen LogP contribution in [0.2, 0.25) is 0 Å². The summed E-state index contributed by atoms with van der Waals surface area (Å²) < 4.78 is 17.8. The van der Waals surface area contributed by atoms with Crippen molar-refractivity contribution in [3.05, 3.63) is 0 Å². The maximum absolute atomic E-state index is 12.1. The second-order valence-corrected chi connectivity index (χ2v) is 7.71. The summed E-state index contributed by atoms with van der Waals surface area (Å²) in [6.07, 6.45) is 12.3. The molecule has 0 aromatic rings. The first-order valence-corrected chi connectivity index (χ1v) is 9.71. The predicted octanol–water partition coefficient (Wildman–Crippen LogP) is 6.19. The van der Waals surface area contributed by atoms with Crippen molar-refractivity contribution in [2.24, 2.45) is 0 Å². The van der Waals surface area contributed by atoms with Gasteiger partial charge >= 0.3 is 0 Å². The zero-order valence-electron chi connectivity index (χ0n) is 14.0. The van der Waals surface area contributed by atoms with Crippen LogP contribution in [0.5, 0.6) is 0 Å². The third-order valence-electron chi connectivity index (χ3n) is 3.67. The van der Waals surface area contributed by atoms with Crippen LogP contribution in [0.25, 0.3) is 0 Å². The molecule has 0 aliphatic heterocycles. The van der Waals surface area contributed by atoms with Crippen LogP contribution >= 0.6 is 8.03 Å². The van der Waals surface area contributed by atoms with Gasteiger partial charge in [-0.1, -0.05) is 72.1 Å². The van der Waals surface area contributed by atoms with Crippen molar-refractivity contribution in [1.82, 2.24) is 0 Å². The normalized spacial score (nSPS) is 15.4. The van der Waals surface area contributed by atoms with Crippen molar-refractivity contribution in [1.29, 1.82) is 0 Å². The molecular weight excluding hydrogens is 351 g/mol. The van der Waals surface area contributed by atoms with Crippen LogP contribution in [0.1, 0.15) is 91.9 Å². The van der Waals surface area contributed by atoms with Gasteiger partial charge in [0, 0.05) is 26.7 Å². The summed E-state index contributed by atoms with van der Waals surface area (Å²) in [7, 11) is -1.85. The second kappa shape index (κ2) is 16.3. The fraction of sp³-hybridized carbons (Fsp3) is 1.00. The summed E-state index contributed by atoms with van der Waals surface area (Å²) >= 11 is 0. The van der Waals surface area contributed by atoms with E-state index in [1.54, 1.807) is 0 Å². The fourth-order valence-electron chi connectivity index (χ4n) is 2.23. The van der Waals surface area contributed by atoms with E-state index in [0.717, 1.165) is 12.8 Å². The molecule has 0 rings (SSSR count). The quantitative estimate of drug-likeness (QED) is 0.214. The molecule has 0 saturated heterocycles. The van der Waals surface area contributed by atoms with Gasteiger partial charge in [-0.25, -0.2) is 0 Å². The van der Waals surface area contributed by atoms with Gasteiger partial charge in [-0.2, -0.15) is 0 Å². The Morgan fingerprint density at radius 3 is 1.85 bits per heavy atom. The molecule has 0 amide bonds. The molecule has 0 N–H and O–H groups in total. The van der Waals surface area contributed by atoms with Crippen LogP contribution in [0.3, 0.4) is 0 Å². The first-order valence-electron chi connectivity index (χ1n) is 8.32. The summed E-state index contributed by atoms with van der Waals surface area (Å²) in [6, 6.07) is 0. The minimum absolute atomic E-state index is 0. The molecule has 0 aromatic carbocycles. The van der Waals surface area contributed by atoms with Gasteiger partial charge in [-0.05, 0) is 19.8 Å². The molecule has 4 heteroatoms. The summed E-state index contributed by atoms with van der Waals surface area (Å²) in [4.78, 5) is 0. The number of hydrogen-bond acceptors (Lipinski definition) is 2. The van der Waals surface area contributed by atoms with Crippen LogP contribution in [-0.2, 0) is 30.2 Å². The van der Waals surface area contributed by atoms with Crippen LogP contribution in [0.15, 0.2) is 0 Å². The van der Waals surface area contributed by atoms with Gasteiger partial charge in [-0.3, -0.25) is 4.57 Å². The van der Waals surface area contributed by atoms with E-state index < -0.39 is 8.03 Å². The van der Waals surface area contributed by atoms with E-state index in [9.17, 15) is 4.57 Å². The zero-order valence-corrected chi connectivity index (χ0v) is 17.0. The van der Waals surface area contributed by atoms with Crippen molar-refractivity contribution in [3.8, 4) is 0 Å². The molecule has 0 aliphatic rings. The monoisotopic (exact) mass is 388 g/mol. The predicted molar refractivity (Wildman–Crippen MR) is 86.5 cm³/mol. The Kier molecular flexibility index (Phi) is 18.8. The van der Waals surface area contributed by atoms with Gasteiger partial charge in [0.15, 0.2) is 8.03 Å². The number of unbranched alkanes of at least 4 members (excludes halogenated alkanes) is 6. The molecule has 20 heavy (non-hydrogen) atoms. The molecule has 0 radical (unpaired) electrons. The smallest absolute Gasteiger partial charge is 0.194 e. The molecule has 0 aromatic heterocycles. The first kappa shape index (κ1) is 23.1. The van der Waals surface area contributed by atoms with Gasteiger partial charge in [-0.15, -0.1) is 0 Å². The zero-order chi connectivity index (χ0) is 14.5. The third kappa shape index (κ3) is 13.8. The maximum Gasteiger partial charge on any atom is 0.194 e. The standard InChI is InChI=1S/C16H35O2P.Mo/c1-5-7-9-11-13-15(3)18-19(17)16(4)14-12-10-8-6-2;/h15-16,19H,5-14H2,1-4H3;. The van der Waals surface area contributed by atoms with E-state index in [1.807, 2.05) is 0 Å². The van der Waals surface area contributed by atoms with E-state index in [4.69, 9.17) is 4.52 Å². The SMILES string of the molecule is CCCCCCC(C)O[PH](=O)C(C)CCCCCC.[Mo]. The van der Waals surface area contributed by atoms with Gasteiger partial charge in [0.25, 0.3) is 0 Å². The van der Waals surface area contributed by atoms with Crippen LogP contribution in [0, 0.1) is 0 Å². The minimum Gasteiger partial charge on any atom is -0.327 e. The molecule has 0 saturated carbocycles. The van der Waals surface area contributed by atoms with E-state index in [-0.39, 0.29) is 32.8 Å². The number of rotatable bonds is 13. The Hall–Kier alpha value is 0.878. The summed E-state index contributed by atoms with van der Waals surface area (Å²) in [5, 5.41) is 0. The van der Waals surface area contributed by atoms with E-state index >= 15 is 0 Å². The molecule has 3 atom stereocenters. The maximum atomic E-state index is 12.1. The van der Waals surface area contributed by atoms with Gasteiger partial charge in [0.1, 0.15) is 0 Å². The molecular formula is C16H35MoO2P. The Morgan fingerprint density at radius 2 is 1.35 bits per heavy atom. The molecule has 0 aliphatic carbocycles. The Labute approximate surface area is 142 Å². The van der Waals surface area contributed by atoms with E-state index in [1.165, 1.54) is 51.4 Å². The molecule has 0 heterocycles. The number of hydrogen-bond donors (Lipinski definition) is 0. The first-order chi connectivity index (χ1) is 9.11. The summed E-state index contributed by atoms with van der Waals surface area (Å²) in [5.74, 6) is 0. The summed E-state index contributed by atoms with van der Waals surface area (Å²) in [6.45, 7) is 8.59. The van der Waals surface area contributed by atoms with Crippen molar-refractivity contribution < 1.29 is 30.2 Å². The van der Waals surface area contributed by atoms with E-state index in [2.05, 4.69) is 27.7 Å². The molecule has 2 nitrogen and oxygen atoms in total. The fourth-order valence-corrected chi connectivity index (χ4v) is 3.41. The topological polar surface area (TPSA) is 26.3 Å². The van der Waals surface area contributed by atoms with Crippen molar-refractivity contribution in [2.45, 2.75) is 104 Å². The largest absolute Gasteiger partial charge is 0.327 e. The summed E-state index contributed by atoms with van der Waals surface area (Å²) in [5.41, 5.74) is 0.250. The second-order valence-electron chi connectivity index (χ2n) is 5.85. The van der Waals surface area contributed by atoms with Crippen molar-refractivity contribution in [2.75, 3.05) is 0 Å². The van der Waals surface area contributed by atoms with Gasteiger partial charge in [0.2, 0.25) is 0 Å². The van der Waals surface area contributed by atoms with Crippen molar-refractivity contribution in [3.63, 3.8) is 0 Å². The van der Waals surface area contributed by atoms with Gasteiger partial charge in [0.05, 0.1) is 6.10 Å². The Morgan fingerprint density at radius 1 is 0.850 bits per heavy atom. The van der Waals surface area contributed by atoms with Crippen molar-refractivity contribution >= 4 is 8.03 Å². The van der Waals surface area contributed by atoms with Gasteiger partial charge < -0.3 is 4.52 Å². The average Bonchev–Trinajstić information content (AvgIpc) is 2.39. The van der Waals surface area contributed by atoms with E-state index in [0.29, 0.717) is 0 Å². The Balaban J connectivity index is 0. The van der Waals surface area contributed by atoms with Crippen LogP contribution in [-0.4, -0.2) is 11.8 Å².